The summed E-state index contributed by atoms with van der Waals surface area (Å²) in [5.41, 5.74) is 8.21. The first-order chi connectivity index (χ1) is 39.8. The van der Waals surface area contributed by atoms with Gasteiger partial charge in [0.05, 0.1) is 49.4 Å². The second-order valence-electron chi connectivity index (χ2n) is 23.7. The highest BCUT2D eigenvalue weighted by Gasteiger charge is 2.51. The maximum atomic E-state index is 14.0. The third-order valence-corrected chi connectivity index (χ3v) is 16.8. The van der Waals surface area contributed by atoms with Crippen LogP contribution in [0.2, 0.25) is 0 Å². The highest BCUT2D eigenvalue weighted by atomic mass is 16.7. The Hall–Kier alpha value is -5.30. The second-order valence-corrected chi connectivity index (χ2v) is 23.7. The molecule has 1 aromatic heterocycles. The van der Waals surface area contributed by atoms with E-state index in [9.17, 15) is 54.3 Å². The van der Waals surface area contributed by atoms with E-state index in [-0.39, 0.29) is 68.5 Å². The first kappa shape index (κ1) is 68.5. The molecule has 2 aromatic rings. The van der Waals surface area contributed by atoms with Crippen molar-refractivity contribution < 1.29 is 73.2 Å². The van der Waals surface area contributed by atoms with Gasteiger partial charge in [0.25, 0.3) is 0 Å². The van der Waals surface area contributed by atoms with Crippen molar-refractivity contribution in [1.82, 2.24) is 30.9 Å². The minimum absolute atomic E-state index is 0.0927. The van der Waals surface area contributed by atoms with Crippen molar-refractivity contribution >= 4 is 41.4 Å². The first-order valence-electron chi connectivity index (χ1n) is 30.6. The molecule has 5 rings (SSSR count). The highest BCUT2D eigenvalue weighted by Crippen LogP contribution is 2.53. The molecule has 83 heavy (non-hydrogen) atoms. The zero-order valence-electron chi connectivity index (χ0n) is 49.7. The summed E-state index contributed by atoms with van der Waals surface area (Å²) in [5, 5.41) is 71.9. The number of carbonyl (C=O) groups is 6. The van der Waals surface area contributed by atoms with Crippen LogP contribution < -0.4 is 27.0 Å². The number of aryl methyl sites for hydroxylation is 2. The maximum absolute atomic E-state index is 14.0. The van der Waals surface area contributed by atoms with E-state index in [1.807, 2.05) is 11.6 Å². The predicted octanol–water partition coefficient (Wildman–Crippen LogP) is 5.91. The Bertz CT molecular complexity index is 2300. The van der Waals surface area contributed by atoms with Gasteiger partial charge < -0.3 is 71.5 Å². The summed E-state index contributed by atoms with van der Waals surface area (Å²) in [6, 6.07) is 3.74. The predicted molar refractivity (Wildman–Crippen MR) is 308 cm³/mol. The lowest BCUT2D eigenvalue weighted by atomic mass is 9.89. The van der Waals surface area contributed by atoms with E-state index in [0.717, 1.165) is 62.8 Å². The van der Waals surface area contributed by atoms with Gasteiger partial charge in [0.1, 0.15) is 36.8 Å². The van der Waals surface area contributed by atoms with Gasteiger partial charge in [-0.25, -0.2) is 19.1 Å². The summed E-state index contributed by atoms with van der Waals surface area (Å²) in [6.07, 6.45) is 8.49. The van der Waals surface area contributed by atoms with E-state index in [1.165, 1.54) is 51.4 Å². The lowest BCUT2D eigenvalue weighted by Gasteiger charge is -2.40. The molecule has 1 saturated heterocycles. The molecule has 13 atom stereocenters. The molecule has 0 spiro atoms. The number of nitrogens with two attached hydrogens (primary N) is 1. The number of fused-ring (bicyclic) bond motifs is 2. The van der Waals surface area contributed by atoms with Crippen LogP contribution in [0.3, 0.4) is 0 Å². The van der Waals surface area contributed by atoms with E-state index in [2.05, 4.69) is 38.5 Å². The summed E-state index contributed by atoms with van der Waals surface area (Å²) in [7, 11) is 0. The second kappa shape index (κ2) is 35.9. The summed E-state index contributed by atoms with van der Waals surface area (Å²) in [6.45, 7) is 8.85. The number of primary amides is 1. The van der Waals surface area contributed by atoms with Crippen LogP contribution >= 0.6 is 0 Å². The lowest BCUT2D eigenvalue weighted by Crippen LogP contribution is -2.60. The molecular weight excluding hydrogens is 1070 g/mol. The zero-order chi connectivity index (χ0) is 60.4. The number of nitrogens with zero attached hydrogens (tertiary/aromatic N) is 3. The number of benzene rings is 1. The molecule has 2 heterocycles. The molecule has 23 heteroatoms. The molecule has 468 valence electrons. The topological polar surface area (TPSA) is 345 Å². The van der Waals surface area contributed by atoms with Gasteiger partial charge in [-0.1, -0.05) is 122 Å². The number of ether oxygens (including phenoxy) is 4. The summed E-state index contributed by atoms with van der Waals surface area (Å²) in [5.74, 6) is -1.33. The lowest BCUT2D eigenvalue weighted by molar-refractivity contribution is -0.303. The fourth-order valence-electron chi connectivity index (χ4n) is 11.5. The average molecular weight is 1170 g/mol. The molecule has 0 radical (unpaired) electrons. The van der Waals surface area contributed by atoms with E-state index in [1.54, 1.807) is 45.0 Å². The Morgan fingerprint density at radius 1 is 0.807 bits per heavy atom. The SMILES string of the molecule is CCCCCCCCCCCCCC[C@@H](C)[C@@H](O)[C@H](CO[C@H]1OC(CO)[C@H](O)[C@H](O)C1O)NC(=O)OCc1ccc(NC(=O)[C@H](CCCNC(N)=O)CC(=O)[C@@H](NC(=O)OCC2C3CCc4nnn(CCC(C)=O)c4CCC32)C(C)C)cc1. The van der Waals surface area contributed by atoms with Crippen LogP contribution in [0.15, 0.2) is 24.3 Å². The minimum Gasteiger partial charge on any atom is -0.449 e. The Balaban J connectivity index is 1.11. The number of unbranched alkanes of at least 4 members (excludes halogenated alkanes) is 11. The Morgan fingerprint density at radius 3 is 2.07 bits per heavy atom. The van der Waals surface area contributed by atoms with E-state index >= 15 is 0 Å². The number of carbonyl (C=O) groups excluding carboxylic acids is 6. The first-order valence-corrected chi connectivity index (χ1v) is 30.6. The molecule has 2 aliphatic carbocycles. The van der Waals surface area contributed by atoms with Crippen molar-refractivity contribution in [2.24, 2.45) is 41.2 Å². The molecule has 2 fully saturated rings. The Labute approximate surface area is 489 Å². The molecule has 1 saturated carbocycles. The van der Waals surface area contributed by atoms with Crippen LogP contribution in [-0.2, 0) is 59.3 Å². The fraction of sp³-hybridized carbons (Fsp3) is 0.767. The summed E-state index contributed by atoms with van der Waals surface area (Å²) >= 11 is 0. The van der Waals surface area contributed by atoms with Crippen molar-refractivity contribution in [2.75, 3.05) is 31.7 Å². The largest absolute Gasteiger partial charge is 0.449 e. The molecule has 11 N–H and O–H groups in total. The molecule has 0 bridgehead atoms. The smallest absolute Gasteiger partial charge is 0.407 e. The van der Waals surface area contributed by atoms with Crippen molar-refractivity contribution in [2.45, 2.75) is 232 Å². The minimum atomic E-state index is -1.69. The number of hydrogen-bond acceptors (Lipinski definition) is 17. The van der Waals surface area contributed by atoms with E-state index in [4.69, 9.17) is 24.7 Å². The van der Waals surface area contributed by atoms with Crippen LogP contribution in [0.25, 0.3) is 0 Å². The van der Waals surface area contributed by atoms with Crippen molar-refractivity contribution in [1.29, 1.82) is 0 Å². The van der Waals surface area contributed by atoms with E-state index in [0.29, 0.717) is 48.9 Å². The van der Waals surface area contributed by atoms with Crippen LogP contribution in [0.5, 0.6) is 0 Å². The number of rotatable bonds is 38. The monoisotopic (exact) mass is 1170 g/mol. The normalized spacial score (nSPS) is 23.0. The molecule has 1 aliphatic heterocycles. The van der Waals surface area contributed by atoms with Gasteiger partial charge in [-0.05, 0) is 99.2 Å². The van der Waals surface area contributed by atoms with Gasteiger partial charge >= 0.3 is 18.2 Å². The number of aliphatic hydroxyl groups is 5. The van der Waals surface area contributed by atoms with Gasteiger partial charge in [-0.15, -0.1) is 5.10 Å². The highest BCUT2D eigenvalue weighted by molar-refractivity contribution is 5.97. The number of anilines is 1. The maximum Gasteiger partial charge on any atom is 0.407 e. The molecule has 1 aromatic carbocycles. The number of nitrogens with one attached hydrogen (secondary N) is 4. The number of Topliss-reactive ketones (excluding diaryl/α,β-unsaturated/α-hetero) is 2. The standard InChI is InChI=1S/C60H98N8O15/c1-6-7-8-9-10-11-12-13-14-15-16-17-19-38(4)52(72)47(36-80-57-55(75)54(74)53(73)50(33-69)83-57)64-59(78)81-34-40-21-23-42(24-22-40)63-56(76)41(20-18-30-62-58(61)77)32-49(71)51(37(2)3)65-60(79)82-35-45-43-25-27-46-48(28-26-44(43)45)68(67-66-46)31-29-39(5)70/h21-24,37-38,41,43-45,47,50-55,57,69,72-75H,6-20,25-36H2,1-5H3,(H,63,76)(H,64,78)(H,65,79)(H3,61,62,77)/t38-,41-,43?,44?,45?,47+,50?,51+,52-,53+,54+,55?,57+/m1/s1. The van der Waals surface area contributed by atoms with Crippen LogP contribution in [-0.4, -0.2) is 151 Å². The van der Waals surface area contributed by atoms with E-state index < -0.39 is 85.5 Å². The third kappa shape index (κ3) is 22.9. The van der Waals surface area contributed by atoms with Gasteiger partial charge in [0.2, 0.25) is 5.91 Å². The Kier molecular flexibility index (Phi) is 29.6. The number of aliphatic hydroxyl groups excluding tert-OH is 5. The number of ketones is 2. The molecule has 5 unspecified atom stereocenters. The van der Waals surface area contributed by atoms with Gasteiger partial charge in [0.15, 0.2) is 12.1 Å². The van der Waals surface area contributed by atoms with Crippen molar-refractivity contribution in [3.63, 3.8) is 0 Å². The van der Waals surface area contributed by atoms with Crippen LogP contribution in [0, 0.1) is 35.5 Å². The van der Waals surface area contributed by atoms with Crippen LogP contribution in [0.1, 0.15) is 174 Å². The van der Waals surface area contributed by atoms with Gasteiger partial charge in [0, 0.05) is 37.5 Å². The number of hydrogen-bond donors (Lipinski definition) is 10. The number of urea groups is 1. The number of aromatic nitrogens is 3. The molecule has 5 amide bonds. The van der Waals surface area contributed by atoms with Crippen LogP contribution in [0.4, 0.5) is 20.1 Å². The van der Waals surface area contributed by atoms with Crippen molar-refractivity contribution in [3.05, 3.63) is 41.2 Å². The van der Waals surface area contributed by atoms with Gasteiger partial charge in [-0.3, -0.25) is 14.4 Å². The molecule has 23 nitrogen and oxygen atoms in total. The number of amides is 5. The Morgan fingerprint density at radius 2 is 1.45 bits per heavy atom. The fourth-order valence-corrected chi connectivity index (χ4v) is 11.5. The van der Waals surface area contributed by atoms with Crippen molar-refractivity contribution in [3.8, 4) is 0 Å². The zero-order valence-corrected chi connectivity index (χ0v) is 49.7. The summed E-state index contributed by atoms with van der Waals surface area (Å²) < 4.78 is 24.4. The summed E-state index contributed by atoms with van der Waals surface area (Å²) in [4.78, 5) is 77.5. The molecular formula is C60H98N8O15. The van der Waals surface area contributed by atoms with Gasteiger partial charge in [-0.2, -0.15) is 0 Å². The molecule has 3 aliphatic rings. The number of alkyl carbamates (subject to hydrolysis) is 2. The quantitative estimate of drug-likeness (QED) is 0.0349. The third-order valence-electron chi connectivity index (χ3n) is 16.8. The average Bonchev–Trinajstić information content (AvgIpc) is 4.02.